The average molecular weight is 460 g/mol. The number of carbonyl (C=O) groups excluding carboxylic acids is 2. The first-order chi connectivity index (χ1) is 14.0. The number of benzene rings is 2. The predicted molar refractivity (Wildman–Crippen MR) is 116 cm³/mol. The standard InChI is InChI=1S/C23H26BrNO4/c1-4-28-21(26)23(22(27)29-5-2)13-14-25(19-12-11-18(24)15-16(19)3)20(23)17-9-7-6-8-10-17/h6-12,15,20H,4-5,13-14H2,1-3H3. The number of halogens is 1. The molecule has 5 nitrogen and oxygen atoms in total. The molecule has 0 aromatic heterocycles. The molecular weight excluding hydrogens is 434 g/mol. The van der Waals surface area contributed by atoms with Gasteiger partial charge in [-0.3, -0.25) is 9.59 Å². The maximum Gasteiger partial charge on any atom is 0.326 e. The maximum atomic E-state index is 13.2. The smallest absolute Gasteiger partial charge is 0.326 e. The summed E-state index contributed by atoms with van der Waals surface area (Å²) >= 11 is 3.51. The van der Waals surface area contributed by atoms with Crippen LogP contribution < -0.4 is 4.90 Å². The second kappa shape index (κ2) is 8.99. The van der Waals surface area contributed by atoms with E-state index in [1.807, 2.05) is 55.5 Å². The van der Waals surface area contributed by atoms with Gasteiger partial charge < -0.3 is 14.4 Å². The molecule has 1 unspecified atom stereocenters. The monoisotopic (exact) mass is 459 g/mol. The molecule has 1 aliphatic rings. The van der Waals surface area contributed by atoms with E-state index in [4.69, 9.17) is 9.47 Å². The van der Waals surface area contributed by atoms with Crippen LogP contribution in [0.5, 0.6) is 0 Å². The van der Waals surface area contributed by atoms with Crippen molar-refractivity contribution in [2.75, 3.05) is 24.7 Å². The summed E-state index contributed by atoms with van der Waals surface area (Å²) in [6, 6.07) is 15.2. The molecule has 2 aromatic rings. The summed E-state index contributed by atoms with van der Waals surface area (Å²) in [7, 11) is 0. The zero-order chi connectivity index (χ0) is 21.0. The van der Waals surface area contributed by atoms with Crippen LogP contribution in [-0.4, -0.2) is 31.7 Å². The Labute approximate surface area is 180 Å². The molecular formula is C23H26BrNO4. The lowest BCUT2D eigenvalue weighted by molar-refractivity contribution is -0.172. The van der Waals surface area contributed by atoms with E-state index in [-0.39, 0.29) is 13.2 Å². The first kappa shape index (κ1) is 21.4. The predicted octanol–water partition coefficient (Wildman–Crippen LogP) is 4.82. The summed E-state index contributed by atoms with van der Waals surface area (Å²) in [6.45, 7) is 6.48. The van der Waals surface area contributed by atoms with Crippen molar-refractivity contribution in [3.63, 3.8) is 0 Å². The normalized spacial score (nSPS) is 17.8. The minimum atomic E-state index is -1.41. The van der Waals surface area contributed by atoms with Crippen LogP contribution in [-0.2, 0) is 19.1 Å². The molecule has 1 aliphatic heterocycles. The fraction of sp³-hybridized carbons (Fsp3) is 0.391. The van der Waals surface area contributed by atoms with Crippen molar-refractivity contribution < 1.29 is 19.1 Å². The SMILES string of the molecule is CCOC(=O)C1(C(=O)OCC)CCN(c2ccc(Br)cc2C)C1c1ccccc1. The Hall–Kier alpha value is -2.34. The third-order valence-corrected chi connectivity index (χ3v) is 5.88. The molecule has 0 N–H and O–H groups in total. The van der Waals surface area contributed by atoms with E-state index in [1.54, 1.807) is 13.8 Å². The van der Waals surface area contributed by atoms with E-state index in [0.29, 0.717) is 13.0 Å². The minimum absolute atomic E-state index is 0.207. The molecule has 1 atom stereocenters. The number of esters is 2. The third-order valence-electron chi connectivity index (χ3n) is 5.39. The molecule has 1 fully saturated rings. The first-order valence-electron chi connectivity index (χ1n) is 9.87. The van der Waals surface area contributed by atoms with Gasteiger partial charge in [-0.05, 0) is 56.5 Å². The number of hydrogen-bond acceptors (Lipinski definition) is 5. The van der Waals surface area contributed by atoms with Gasteiger partial charge in [0.2, 0.25) is 0 Å². The van der Waals surface area contributed by atoms with E-state index in [9.17, 15) is 9.59 Å². The van der Waals surface area contributed by atoms with Crippen molar-refractivity contribution in [2.45, 2.75) is 33.2 Å². The molecule has 1 saturated heterocycles. The van der Waals surface area contributed by atoms with Crippen LogP contribution in [0.2, 0.25) is 0 Å². The number of carbonyl (C=O) groups is 2. The van der Waals surface area contributed by atoms with Gasteiger partial charge in [-0.2, -0.15) is 0 Å². The van der Waals surface area contributed by atoms with Gasteiger partial charge in [0.1, 0.15) is 0 Å². The highest BCUT2D eigenvalue weighted by Gasteiger charge is 2.61. The Balaban J connectivity index is 2.19. The summed E-state index contributed by atoms with van der Waals surface area (Å²) in [5, 5.41) is 0. The molecule has 1 heterocycles. The number of rotatable bonds is 6. The molecule has 154 valence electrons. The summed E-state index contributed by atoms with van der Waals surface area (Å²) in [5.74, 6) is -1.05. The van der Waals surface area contributed by atoms with Crippen molar-refractivity contribution in [2.24, 2.45) is 5.41 Å². The van der Waals surface area contributed by atoms with E-state index in [2.05, 4.69) is 20.8 Å². The lowest BCUT2D eigenvalue weighted by Gasteiger charge is -2.36. The molecule has 6 heteroatoms. The highest BCUT2D eigenvalue weighted by Crippen LogP contribution is 2.51. The summed E-state index contributed by atoms with van der Waals surface area (Å²) < 4.78 is 11.8. The summed E-state index contributed by atoms with van der Waals surface area (Å²) in [6.07, 6.45) is 0.333. The Kier molecular flexibility index (Phi) is 6.63. The maximum absolute atomic E-state index is 13.2. The highest BCUT2D eigenvalue weighted by molar-refractivity contribution is 9.10. The van der Waals surface area contributed by atoms with Crippen LogP contribution in [0.25, 0.3) is 0 Å². The van der Waals surface area contributed by atoms with Gasteiger partial charge in [-0.15, -0.1) is 0 Å². The summed E-state index contributed by atoms with van der Waals surface area (Å²) in [5.41, 5.74) is 1.52. The van der Waals surface area contributed by atoms with E-state index in [0.717, 1.165) is 21.3 Å². The lowest BCUT2D eigenvalue weighted by atomic mass is 9.76. The molecule has 0 radical (unpaired) electrons. The Morgan fingerprint density at radius 1 is 1.07 bits per heavy atom. The molecule has 3 rings (SSSR count). The number of hydrogen-bond donors (Lipinski definition) is 0. The van der Waals surface area contributed by atoms with E-state index >= 15 is 0 Å². The second-order valence-corrected chi connectivity index (χ2v) is 8.02. The van der Waals surface area contributed by atoms with Crippen LogP contribution in [0.3, 0.4) is 0 Å². The van der Waals surface area contributed by atoms with Crippen molar-refractivity contribution in [3.05, 3.63) is 64.1 Å². The fourth-order valence-corrected chi connectivity index (χ4v) is 4.64. The van der Waals surface area contributed by atoms with Crippen LogP contribution in [0, 0.1) is 12.3 Å². The molecule has 29 heavy (non-hydrogen) atoms. The largest absolute Gasteiger partial charge is 0.465 e. The van der Waals surface area contributed by atoms with Crippen LogP contribution in [0.4, 0.5) is 5.69 Å². The van der Waals surface area contributed by atoms with Gasteiger partial charge in [0.25, 0.3) is 0 Å². The number of ether oxygens (including phenoxy) is 2. The van der Waals surface area contributed by atoms with Crippen LogP contribution in [0.1, 0.15) is 37.4 Å². The van der Waals surface area contributed by atoms with Gasteiger partial charge in [0.05, 0.1) is 19.3 Å². The van der Waals surface area contributed by atoms with Gasteiger partial charge in [-0.1, -0.05) is 46.3 Å². The van der Waals surface area contributed by atoms with Gasteiger partial charge in [0.15, 0.2) is 5.41 Å². The van der Waals surface area contributed by atoms with Crippen LogP contribution in [0.15, 0.2) is 53.0 Å². The molecule has 0 aliphatic carbocycles. The topological polar surface area (TPSA) is 55.8 Å². The first-order valence-corrected chi connectivity index (χ1v) is 10.7. The zero-order valence-electron chi connectivity index (χ0n) is 17.0. The minimum Gasteiger partial charge on any atom is -0.465 e. The van der Waals surface area contributed by atoms with Gasteiger partial charge >= 0.3 is 11.9 Å². The molecule has 0 bridgehead atoms. The number of anilines is 1. The number of nitrogens with zero attached hydrogens (tertiary/aromatic N) is 1. The number of aryl methyl sites for hydroxylation is 1. The average Bonchev–Trinajstić information content (AvgIpc) is 3.10. The lowest BCUT2D eigenvalue weighted by Crippen LogP contribution is -2.46. The Bertz CT molecular complexity index is 866. The fourth-order valence-electron chi connectivity index (χ4n) is 4.16. The van der Waals surface area contributed by atoms with Crippen molar-refractivity contribution in [3.8, 4) is 0 Å². The molecule has 0 amide bonds. The third kappa shape index (κ3) is 3.90. The van der Waals surface area contributed by atoms with E-state index < -0.39 is 23.4 Å². The Morgan fingerprint density at radius 2 is 1.69 bits per heavy atom. The Morgan fingerprint density at radius 3 is 2.24 bits per heavy atom. The summed E-state index contributed by atoms with van der Waals surface area (Å²) in [4.78, 5) is 28.6. The quantitative estimate of drug-likeness (QED) is 0.457. The van der Waals surface area contributed by atoms with Crippen LogP contribution >= 0.6 is 15.9 Å². The van der Waals surface area contributed by atoms with E-state index in [1.165, 1.54) is 0 Å². The zero-order valence-corrected chi connectivity index (χ0v) is 18.6. The highest BCUT2D eigenvalue weighted by atomic mass is 79.9. The molecule has 2 aromatic carbocycles. The van der Waals surface area contributed by atoms with Gasteiger partial charge in [0, 0.05) is 16.7 Å². The van der Waals surface area contributed by atoms with Crippen molar-refractivity contribution in [1.82, 2.24) is 0 Å². The van der Waals surface area contributed by atoms with Crippen molar-refractivity contribution in [1.29, 1.82) is 0 Å². The molecule has 0 spiro atoms. The molecule has 0 saturated carbocycles. The van der Waals surface area contributed by atoms with Gasteiger partial charge in [-0.25, -0.2) is 0 Å². The second-order valence-electron chi connectivity index (χ2n) is 7.10. The van der Waals surface area contributed by atoms with Crippen molar-refractivity contribution >= 4 is 33.6 Å².